The third kappa shape index (κ3) is 3.13. The summed E-state index contributed by atoms with van der Waals surface area (Å²) in [5, 5.41) is 2.94. The van der Waals surface area contributed by atoms with Gasteiger partial charge in [0.15, 0.2) is 0 Å². The normalized spacial score (nSPS) is 20.8. The molecule has 0 saturated heterocycles. The van der Waals surface area contributed by atoms with Crippen LogP contribution >= 0.6 is 15.9 Å². The van der Waals surface area contributed by atoms with E-state index in [4.69, 9.17) is 0 Å². The molecule has 1 rings (SSSR count). The first-order valence-corrected chi connectivity index (χ1v) is 5.53. The van der Waals surface area contributed by atoms with Gasteiger partial charge in [-0.25, -0.2) is 0 Å². The second-order valence-corrected chi connectivity index (χ2v) is 4.89. The fourth-order valence-electron chi connectivity index (χ4n) is 1.60. The van der Waals surface area contributed by atoms with E-state index in [1.165, 1.54) is 25.7 Å². The van der Waals surface area contributed by atoms with Crippen LogP contribution in [0.1, 0.15) is 32.6 Å². The Balaban J connectivity index is 2.12. The molecule has 1 aliphatic rings. The quantitative estimate of drug-likeness (QED) is 0.744. The number of alkyl halides is 1. The first kappa shape index (κ1) is 10.0. The van der Waals surface area contributed by atoms with Crippen LogP contribution in [0.3, 0.4) is 0 Å². The smallest absolute Gasteiger partial charge is 0.233 e. The Bertz CT molecular complexity index is 153. The van der Waals surface area contributed by atoms with Crippen molar-refractivity contribution in [3.63, 3.8) is 0 Å². The van der Waals surface area contributed by atoms with Gasteiger partial charge < -0.3 is 5.32 Å². The molecule has 0 aromatic carbocycles. The SMILES string of the molecule is CC(Br)C(=O)NCC1CCCC1. The third-order valence-corrected chi connectivity index (χ3v) is 2.82. The fourth-order valence-corrected chi connectivity index (χ4v) is 1.76. The molecule has 1 atom stereocenters. The van der Waals surface area contributed by atoms with Crippen molar-refractivity contribution in [2.45, 2.75) is 37.4 Å². The molecule has 0 bridgehead atoms. The Labute approximate surface area is 82.2 Å². The molecule has 0 spiro atoms. The molecule has 70 valence electrons. The van der Waals surface area contributed by atoms with Crippen LogP contribution in [0.4, 0.5) is 0 Å². The predicted molar refractivity (Wildman–Crippen MR) is 53.4 cm³/mol. The lowest BCUT2D eigenvalue weighted by Gasteiger charge is -2.11. The highest BCUT2D eigenvalue weighted by Crippen LogP contribution is 2.23. The van der Waals surface area contributed by atoms with E-state index in [9.17, 15) is 4.79 Å². The molecule has 1 fully saturated rings. The molecule has 12 heavy (non-hydrogen) atoms. The number of hydrogen-bond donors (Lipinski definition) is 1. The van der Waals surface area contributed by atoms with Gasteiger partial charge in [-0.1, -0.05) is 28.8 Å². The lowest BCUT2D eigenvalue weighted by atomic mass is 10.1. The molecular weight excluding hydrogens is 218 g/mol. The molecule has 0 radical (unpaired) electrons. The van der Waals surface area contributed by atoms with E-state index >= 15 is 0 Å². The molecule has 1 saturated carbocycles. The second-order valence-electron chi connectivity index (χ2n) is 3.51. The number of amides is 1. The molecule has 0 heterocycles. The van der Waals surface area contributed by atoms with Crippen molar-refractivity contribution in [2.75, 3.05) is 6.54 Å². The van der Waals surface area contributed by atoms with Gasteiger partial charge in [0.05, 0.1) is 4.83 Å². The van der Waals surface area contributed by atoms with Crippen LogP contribution in [0.25, 0.3) is 0 Å². The van der Waals surface area contributed by atoms with E-state index in [-0.39, 0.29) is 10.7 Å². The van der Waals surface area contributed by atoms with E-state index in [1.807, 2.05) is 6.92 Å². The van der Waals surface area contributed by atoms with Gasteiger partial charge in [-0.2, -0.15) is 0 Å². The first-order chi connectivity index (χ1) is 5.70. The Morgan fingerprint density at radius 2 is 2.17 bits per heavy atom. The molecule has 1 aliphatic carbocycles. The van der Waals surface area contributed by atoms with Gasteiger partial charge >= 0.3 is 0 Å². The van der Waals surface area contributed by atoms with E-state index in [2.05, 4.69) is 21.2 Å². The summed E-state index contributed by atoms with van der Waals surface area (Å²) in [6, 6.07) is 0. The topological polar surface area (TPSA) is 29.1 Å². The summed E-state index contributed by atoms with van der Waals surface area (Å²) in [5.41, 5.74) is 0. The van der Waals surface area contributed by atoms with Crippen LogP contribution in [-0.4, -0.2) is 17.3 Å². The summed E-state index contributed by atoms with van der Waals surface area (Å²) in [6.07, 6.45) is 5.25. The summed E-state index contributed by atoms with van der Waals surface area (Å²) in [4.78, 5) is 11.1. The summed E-state index contributed by atoms with van der Waals surface area (Å²) >= 11 is 3.24. The van der Waals surface area contributed by atoms with E-state index in [0.717, 1.165) is 12.5 Å². The van der Waals surface area contributed by atoms with E-state index in [0.29, 0.717) is 0 Å². The fraction of sp³-hybridized carbons (Fsp3) is 0.889. The molecule has 2 nitrogen and oxygen atoms in total. The monoisotopic (exact) mass is 233 g/mol. The van der Waals surface area contributed by atoms with Gasteiger partial charge in [0.2, 0.25) is 5.91 Å². The van der Waals surface area contributed by atoms with Crippen LogP contribution in [-0.2, 0) is 4.79 Å². The maximum atomic E-state index is 11.1. The lowest BCUT2D eigenvalue weighted by Crippen LogP contribution is -2.32. The average Bonchev–Trinajstić information content (AvgIpc) is 2.51. The lowest BCUT2D eigenvalue weighted by molar-refractivity contribution is -0.120. The van der Waals surface area contributed by atoms with Crippen LogP contribution in [0, 0.1) is 5.92 Å². The average molecular weight is 234 g/mol. The zero-order valence-electron chi connectivity index (χ0n) is 7.48. The Kier molecular flexibility index (Phi) is 4.06. The van der Waals surface area contributed by atoms with Gasteiger partial charge in [0.1, 0.15) is 0 Å². The van der Waals surface area contributed by atoms with E-state index in [1.54, 1.807) is 0 Å². The third-order valence-electron chi connectivity index (χ3n) is 2.40. The minimum absolute atomic E-state index is 0.0566. The number of carbonyl (C=O) groups excluding carboxylic acids is 1. The minimum atomic E-state index is -0.0566. The van der Waals surface area contributed by atoms with Crippen molar-refractivity contribution in [3.05, 3.63) is 0 Å². The van der Waals surface area contributed by atoms with Crippen LogP contribution < -0.4 is 5.32 Å². The van der Waals surface area contributed by atoms with Crippen molar-refractivity contribution in [3.8, 4) is 0 Å². The van der Waals surface area contributed by atoms with Gasteiger partial charge in [0.25, 0.3) is 0 Å². The summed E-state index contributed by atoms with van der Waals surface area (Å²) < 4.78 is 0. The molecule has 1 N–H and O–H groups in total. The highest BCUT2D eigenvalue weighted by molar-refractivity contribution is 9.10. The Morgan fingerprint density at radius 3 is 2.67 bits per heavy atom. The standard InChI is InChI=1S/C9H16BrNO/c1-7(10)9(12)11-6-8-4-2-3-5-8/h7-8H,2-6H2,1H3,(H,11,12). The highest BCUT2D eigenvalue weighted by Gasteiger charge is 2.16. The van der Waals surface area contributed by atoms with Crippen molar-refractivity contribution < 1.29 is 4.79 Å². The van der Waals surface area contributed by atoms with Crippen LogP contribution in [0.5, 0.6) is 0 Å². The van der Waals surface area contributed by atoms with Gasteiger partial charge in [-0.05, 0) is 25.7 Å². The van der Waals surface area contributed by atoms with E-state index < -0.39 is 0 Å². The van der Waals surface area contributed by atoms with Gasteiger partial charge in [-0.15, -0.1) is 0 Å². The molecule has 1 unspecified atom stereocenters. The first-order valence-electron chi connectivity index (χ1n) is 4.62. The molecule has 3 heteroatoms. The zero-order valence-corrected chi connectivity index (χ0v) is 9.06. The number of rotatable bonds is 3. The largest absolute Gasteiger partial charge is 0.355 e. The predicted octanol–water partition coefficient (Wildman–Crippen LogP) is 2.08. The number of halogens is 1. The Hall–Kier alpha value is -0.0500. The summed E-state index contributed by atoms with van der Waals surface area (Å²) in [7, 11) is 0. The Morgan fingerprint density at radius 1 is 1.58 bits per heavy atom. The number of nitrogens with one attached hydrogen (secondary N) is 1. The van der Waals surface area contributed by atoms with Crippen molar-refractivity contribution >= 4 is 21.8 Å². The minimum Gasteiger partial charge on any atom is -0.355 e. The highest BCUT2D eigenvalue weighted by atomic mass is 79.9. The van der Waals surface area contributed by atoms with Crippen LogP contribution in [0.2, 0.25) is 0 Å². The maximum absolute atomic E-state index is 11.1. The molecule has 1 amide bonds. The van der Waals surface area contributed by atoms with Crippen molar-refractivity contribution in [2.24, 2.45) is 5.92 Å². The van der Waals surface area contributed by atoms with Crippen LogP contribution in [0.15, 0.2) is 0 Å². The second kappa shape index (κ2) is 4.85. The molecular formula is C9H16BrNO. The number of hydrogen-bond acceptors (Lipinski definition) is 1. The molecule has 0 aromatic rings. The number of carbonyl (C=O) groups is 1. The zero-order chi connectivity index (χ0) is 8.97. The maximum Gasteiger partial charge on any atom is 0.233 e. The summed E-state index contributed by atoms with van der Waals surface area (Å²) in [5.74, 6) is 0.849. The van der Waals surface area contributed by atoms with Gasteiger partial charge in [0, 0.05) is 6.54 Å². The van der Waals surface area contributed by atoms with Gasteiger partial charge in [-0.3, -0.25) is 4.79 Å². The molecule has 0 aromatic heterocycles. The van der Waals surface area contributed by atoms with Crippen molar-refractivity contribution in [1.29, 1.82) is 0 Å². The van der Waals surface area contributed by atoms with Crippen molar-refractivity contribution in [1.82, 2.24) is 5.32 Å². The summed E-state index contributed by atoms with van der Waals surface area (Å²) in [6.45, 7) is 2.72. The molecule has 0 aliphatic heterocycles.